The molecule has 0 aromatic heterocycles. The molecule has 1 unspecified atom stereocenters. The number of primary sulfonamides is 1. The molecule has 1 aliphatic rings. The fourth-order valence-corrected chi connectivity index (χ4v) is 3.71. The zero-order valence-corrected chi connectivity index (χ0v) is 15.3. The maximum atomic E-state index is 12.3. The first-order valence-electron chi connectivity index (χ1n) is 8.30. The number of carbonyl (C=O) groups is 1. The number of nitrogens with two attached hydrogens (primary N) is 1. The second-order valence-electron chi connectivity index (χ2n) is 6.73. The van der Waals surface area contributed by atoms with Gasteiger partial charge in [-0.1, -0.05) is 12.1 Å². The molecular formula is C17H27N3O3S. The Morgan fingerprint density at radius 2 is 2.00 bits per heavy atom. The zero-order chi connectivity index (χ0) is 17.7. The molecule has 6 nitrogen and oxygen atoms in total. The first-order valence-corrected chi connectivity index (χ1v) is 9.84. The smallest absolute Gasteiger partial charge is 0.238 e. The van der Waals surface area contributed by atoms with Crippen molar-refractivity contribution in [3.63, 3.8) is 0 Å². The molecule has 1 atom stereocenters. The van der Waals surface area contributed by atoms with E-state index in [9.17, 15) is 13.2 Å². The third-order valence-electron chi connectivity index (χ3n) is 4.56. The van der Waals surface area contributed by atoms with Crippen molar-refractivity contribution >= 4 is 15.9 Å². The number of benzene rings is 1. The van der Waals surface area contributed by atoms with Gasteiger partial charge in [-0.2, -0.15) is 0 Å². The van der Waals surface area contributed by atoms with Crippen LogP contribution in [0.15, 0.2) is 29.2 Å². The van der Waals surface area contributed by atoms with E-state index in [4.69, 9.17) is 5.14 Å². The lowest BCUT2D eigenvalue weighted by Gasteiger charge is -2.32. The van der Waals surface area contributed by atoms with Crippen molar-refractivity contribution < 1.29 is 13.2 Å². The monoisotopic (exact) mass is 353 g/mol. The highest BCUT2D eigenvalue weighted by Crippen LogP contribution is 2.16. The van der Waals surface area contributed by atoms with Gasteiger partial charge in [0.2, 0.25) is 15.9 Å². The average Bonchev–Trinajstić information content (AvgIpc) is 2.52. The van der Waals surface area contributed by atoms with Gasteiger partial charge >= 0.3 is 0 Å². The molecule has 1 amide bonds. The lowest BCUT2D eigenvalue weighted by atomic mass is 9.98. The molecule has 0 aliphatic carbocycles. The highest BCUT2D eigenvalue weighted by atomic mass is 32.2. The molecule has 1 aromatic rings. The first-order chi connectivity index (χ1) is 11.3. The summed E-state index contributed by atoms with van der Waals surface area (Å²) in [6.07, 6.45) is 3.39. The van der Waals surface area contributed by atoms with Crippen LogP contribution in [0.1, 0.15) is 24.8 Å². The topological polar surface area (TPSA) is 83.7 Å². The summed E-state index contributed by atoms with van der Waals surface area (Å²) in [5.41, 5.74) is 0.932. The highest BCUT2D eigenvalue weighted by molar-refractivity contribution is 7.89. The number of carbonyl (C=O) groups excluding carboxylic acids is 1. The van der Waals surface area contributed by atoms with Crippen molar-refractivity contribution in [3.05, 3.63) is 29.8 Å². The summed E-state index contributed by atoms with van der Waals surface area (Å²) >= 11 is 0. The summed E-state index contributed by atoms with van der Waals surface area (Å²) in [4.78, 5) is 16.5. The molecule has 1 aromatic carbocycles. The predicted octanol–water partition coefficient (Wildman–Crippen LogP) is 1.07. The molecule has 2 rings (SSSR count). The largest absolute Gasteiger partial charge is 0.345 e. The van der Waals surface area contributed by atoms with Crippen LogP contribution in [0.4, 0.5) is 0 Å². The van der Waals surface area contributed by atoms with E-state index in [1.165, 1.54) is 25.0 Å². The van der Waals surface area contributed by atoms with E-state index < -0.39 is 10.0 Å². The SMILES string of the molecule is CN1CCCC(CN(C)C(=O)CCc2ccc(S(N)(=O)=O)cc2)C1. The molecule has 0 spiro atoms. The summed E-state index contributed by atoms with van der Waals surface area (Å²) in [5, 5.41) is 5.08. The van der Waals surface area contributed by atoms with E-state index in [0.717, 1.165) is 25.2 Å². The van der Waals surface area contributed by atoms with E-state index >= 15 is 0 Å². The fraction of sp³-hybridized carbons (Fsp3) is 0.588. The van der Waals surface area contributed by atoms with Gasteiger partial charge in [0.15, 0.2) is 0 Å². The summed E-state index contributed by atoms with van der Waals surface area (Å²) in [5.74, 6) is 0.672. The lowest BCUT2D eigenvalue weighted by Crippen LogP contribution is -2.40. The van der Waals surface area contributed by atoms with Crippen molar-refractivity contribution in [2.45, 2.75) is 30.6 Å². The van der Waals surface area contributed by atoms with E-state index in [0.29, 0.717) is 18.8 Å². The normalized spacial score (nSPS) is 19.2. The van der Waals surface area contributed by atoms with Crippen LogP contribution in [-0.2, 0) is 21.2 Å². The van der Waals surface area contributed by atoms with Crippen molar-refractivity contribution in [3.8, 4) is 0 Å². The van der Waals surface area contributed by atoms with Gasteiger partial charge in [0.05, 0.1) is 4.90 Å². The minimum absolute atomic E-state index is 0.0936. The van der Waals surface area contributed by atoms with Crippen LogP contribution in [0.5, 0.6) is 0 Å². The van der Waals surface area contributed by atoms with Gasteiger partial charge in [0.1, 0.15) is 0 Å². The van der Waals surface area contributed by atoms with Gasteiger partial charge in [-0.25, -0.2) is 13.6 Å². The Hall–Kier alpha value is -1.44. The molecule has 24 heavy (non-hydrogen) atoms. The van der Waals surface area contributed by atoms with Gasteiger partial charge in [0, 0.05) is 26.6 Å². The molecule has 1 aliphatic heterocycles. The van der Waals surface area contributed by atoms with Crippen molar-refractivity contribution in [1.29, 1.82) is 0 Å². The molecule has 0 radical (unpaired) electrons. The number of aryl methyl sites for hydroxylation is 1. The molecule has 0 saturated carbocycles. The van der Waals surface area contributed by atoms with Gasteiger partial charge in [-0.3, -0.25) is 4.79 Å². The summed E-state index contributed by atoms with van der Waals surface area (Å²) in [7, 11) is 0.322. The minimum atomic E-state index is -3.66. The third-order valence-corrected chi connectivity index (χ3v) is 5.49. The first kappa shape index (κ1) is 18.9. The molecule has 7 heteroatoms. The molecule has 1 heterocycles. The highest BCUT2D eigenvalue weighted by Gasteiger charge is 2.20. The Kier molecular flexibility index (Phi) is 6.37. The van der Waals surface area contributed by atoms with E-state index in [2.05, 4.69) is 11.9 Å². The minimum Gasteiger partial charge on any atom is -0.345 e. The Morgan fingerprint density at radius 3 is 2.58 bits per heavy atom. The number of hydrogen-bond acceptors (Lipinski definition) is 4. The number of sulfonamides is 1. The van der Waals surface area contributed by atoms with Crippen LogP contribution >= 0.6 is 0 Å². The van der Waals surface area contributed by atoms with E-state index in [1.54, 1.807) is 12.1 Å². The van der Waals surface area contributed by atoms with Crippen molar-refractivity contribution in [1.82, 2.24) is 9.80 Å². The number of piperidine rings is 1. The standard InChI is InChI=1S/C17H27N3O3S/c1-19-11-3-4-15(12-19)13-20(2)17(21)10-7-14-5-8-16(9-6-14)24(18,22)23/h5-6,8-9,15H,3-4,7,10-13H2,1-2H3,(H2,18,22,23). The molecule has 1 fully saturated rings. The fourth-order valence-electron chi connectivity index (χ4n) is 3.20. The lowest BCUT2D eigenvalue weighted by molar-refractivity contribution is -0.130. The summed E-state index contributed by atoms with van der Waals surface area (Å²) in [6, 6.07) is 6.39. The van der Waals surface area contributed by atoms with Gasteiger partial charge in [-0.15, -0.1) is 0 Å². The van der Waals surface area contributed by atoms with Crippen LogP contribution in [0.25, 0.3) is 0 Å². The number of rotatable bonds is 6. The zero-order valence-electron chi connectivity index (χ0n) is 14.4. The maximum Gasteiger partial charge on any atom is 0.238 e. The molecular weight excluding hydrogens is 326 g/mol. The Morgan fingerprint density at radius 1 is 1.33 bits per heavy atom. The predicted molar refractivity (Wildman–Crippen MR) is 94.0 cm³/mol. The van der Waals surface area contributed by atoms with Gasteiger partial charge in [-0.05, 0) is 56.5 Å². The molecule has 134 valence electrons. The second kappa shape index (κ2) is 8.09. The number of likely N-dealkylation sites (tertiary alicyclic amines) is 1. The van der Waals surface area contributed by atoms with Crippen molar-refractivity contribution in [2.24, 2.45) is 11.1 Å². The average molecular weight is 353 g/mol. The van der Waals surface area contributed by atoms with Crippen LogP contribution < -0.4 is 5.14 Å². The molecule has 1 saturated heterocycles. The third kappa shape index (κ3) is 5.58. The van der Waals surface area contributed by atoms with Gasteiger partial charge < -0.3 is 9.80 Å². The van der Waals surface area contributed by atoms with Crippen LogP contribution in [0.2, 0.25) is 0 Å². The maximum absolute atomic E-state index is 12.3. The quantitative estimate of drug-likeness (QED) is 0.829. The van der Waals surface area contributed by atoms with Crippen LogP contribution in [-0.4, -0.2) is 57.9 Å². The Bertz CT molecular complexity index is 658. The van der Waals surface area contributed by atoms with Crippen LogP contribution in [0, 0.1) is 5.92 Å². The van der Waals surface area contributed by atoms with Crippen LogP contribution in [0.3, 0.4) is 0 Å². The Balaban J connectivity index is 1.81. The number of hydrogen-bond donors (Lipinski definition) is 1. The van der Waals surface area contributed by atoms with E-state index in [-0.39, 0.29) is 10.8 Å². The Labute approximate surface area is 144 Å². The number of nitrogens with zero attached hydrogens (tertiary/aromatic N) is 2. The van der Waals surface area contributed by atoms with Gasteiger partial charge in [0.25, 0.3) is 0 Å². The summed E-state index contributed by atoms with van der Waals surface area (Å²) < 4.78 is 22.5. The number of amides is 1. The summed E-state index contributed by atoms with van der Waals surface area (Å²) in [6.45, 7) is 2.99. The second-order valence-corrected chi connectivity index (χ2v) is 8.30. The van der Waals surface area contributed by atoms with Crippen molar-refractivity contribution in [2.75, 3.05) is 33.7 Å². The molecule has 0 bridgehead atoms. The van der Waals surface area contributed by atoms with E-state index in [1.807, 2.05) is 11.9 Å². The molecule has 2 N–H and O–H groups in total.